The Bertz CT molecular complexity index is 798. The monoisotopic (exact) mass is 483 g/mol. The molecule has 0 radical (unpaired) electrons. The number of benzene rings is 2. The van der Waals surface area contributed by atoms with E-state index in [0.29, 0.717) is 12.3 Å². The van der Waals surface area contributed by atoms with Crippen LogP contribution in [0.4, 0.5) is 5.69 Å². The predicted octanol–water partition coefficient (Wildman–Crippen LogP) is 7.54. The first-order valence-corrected chi connectivity index (χ1v) is 10.4. The highest BCUT2D eigenvalue weighted by atomic mass is 35.5. The summed E-state index contributed by atoms with van der Waals surface area (Å²) in [6.07, 6.45) is 3.28. The molecule has 4 nitrogen and oxygen atoms in total. The van der Waals surface area contributed by atoms with Crippen LogP contribution in [-0.2, 0) is 4.79 Å². The minimum Gasteiger partial charge on any atom is -0.494 e. The second-order valence-electron chi connectivity index (χ2n) is 5.82. The highest BCUT2D eigenvalue weighted by molar-refractivity contribution is 6.55. The molecule has 1 amide bonds. The summed E-state index contributed by atoms with van der Waals surface area (Å²) in [5, 5.41) is 2.69. The molecule has 0 fully saturated rings. The van der Waals surface area contributed by atoms with Gasteiger partial charge >= 0.3 is 0 Å². The van der Waals surface area contributed by atoms with Gasteiger partial charge in [-0.05, 0) is 30.7 Å². The summed E-state index contributed by atoms with van der Waals surface area (Å²) < 4.78 is 11.0. The molecule has 1 N–H and O–H groups in total. The Morgan fingerprint density at radius 2 is 1.43 bits per heavy atom. The second kappa shape index (κ2) is 11.2. The molecule has 0 aliphatic heterocycles. The van der Waals surface area contributed by atoms with E-state index in [2.05, 4.69) is 12.2 Å². The topological polar surface area (TPSA) is 47.6 Å². The van der Waals surface area contributed by atoms with E-state index in [1.54, 1.807) is 24.3 Å². The van der Waals surface area contributed by atoms with Crippen LogP contribution < -0.4 is 14.8 Å². The van der Waals surface area contributed by atoms with Crippen LogP contribution in [0.3, 0.4) is 0 Å². The number of ether oxygens (including phenoxy) is 2. The fourth-order valence-electron chi connectivity index (χ4n) is 2.22. The van der Waals surface area contributed by atoms with Crippen molar-refractivity contribution in [2.24, 2.45) is 0 Å². The van der Waals surface area contributed by atoms with Gasteiger partial charge in [0, 0.05) is 5.69 Å². The van der Waals surface area contributed by atoms with E-state index in [9.17, 15) is 4.79 Å². The third kappa shape index (κ3) is 6.23. The second-order valence-corrected chi connectivity index (χ2v) is 7.71. The highest BCUT2D eigenvalue weighted by Gasteiger charge is 2.21. The van der Waals surface area contributed by atoms with Crippen LogP contribution in [0, 0.1) is 0 Å². The van der Waals surface area contributed by atoms with E-state index in [0.717, 1.165) is 25.0 Å². The van der Waals surface area contributed by atoms with Crippen molar-refractivity contribution < 1.29 is 14.3 Å². The number of hydrogen-bond donors (Lipinski definition) is 1. The number of hydrogen-bond acceptors (Lipinski definition) is 3. The third-order valence-corrected chi connectivity index (χ3v) is 5.91. The number of nitrogens with one attached hydrogen (secondary N) is 1. The van der Waals surface area contributed by atoms with Crippen molar-refractivity contribution in [2.75, 3.05) is 18.5 Å². The summed E-state index contributed by atoms with van der Waals surface area (Å²) in [4.78, 5) is 12.1. The lowest BCUT2D eigenvalue weighted by Crippen LogP contribution is -2.20. The van der Waals surface area contributed by atoms with Gasteiger partial charge in [0.25, 0.3) is 5.91 Å². The average Bonchev–Trinajstić information content (AvgIpc) is 2.69. The van der Waals surface area contributed by atoms with Crippen LogP contribution in [0.5, 0.6) is 11.5 Å². The fourth-order valence-corrected chi connectivity index (χ4v) is 3.45. The average molecular weight is 486 g/mol. The van der Waals surface area contributed by atoms with E-state index in [1.165, 1.54) is 0 Å². The lowest BCUT2D eigenvalue weighted by molar-refractivity contribution is -0.118. The van der Waals surface area contributed by atoms with Crippen LogP contribution >= 0.6 is 58.0 Å². The zero-order valence-electron chi connectivity index (χ0n) is 15.0. The molecule has 28 heavy (non-hydrogen) atoms. The van der Waals surface area contributed by atoms with E-state index in [4.69, 9.17) is 67.5 Å². The van der Waals surface area contributed by atoms with Crippen LogP contribution in [0.25, 0.3) is 0 Å². The number of anilines is 1. The number of carbonyl (C=O) groups is 1. The smallest absolute Gasteiger partial charge is 0.262 e. The Hall–Kier alpha value is -1.04. The third-order valence-electron chi connectivity index (χ3n) is 3.67. The fraction of sp³-hybridized carbons (Fsp3) is 0.316. The summed E-state index contributed by atoms with van der Waals surface area (Å²) in [6.45, 7) is 2.46. The van der Waals surface area contributed by atoms with Gasteiger partial charge in [0.2, 0.25) is 0 Å². The lowest BCUT2D eigenvalue weighted by Gasteiger charge is -2.14. The number of carbonyl (C=O) groups excluding carboxylic acids is 1. The van der Waals surface area contributed by atoms with Crippen molar-refractivity contribution in [2.45, 2.75) is 26.2 Å². The molecule has 2 aromatic rings. The van der Waals surface area contributed by atoms with Crippen LogP contribution in [0.2, 0.25) is 25.1 Å². The molecule has 0 aliphatic rings. The SMILES string of the molecule is CCCCCOc1ccc(NC(=O)COc2c(Cl)c(Cl)c(Cl)c(Cl)c2Cl)cc1. The van der Waals surface area contributed by atoms with Crippen molar-refractivity contribution in [3.63, 3.8) is 0 Å². The van der Waals surface area contributed by atoms with E-state index in [1.807, 2.05) is 0 Å². The number of unbranched alkanes of at least 4 members (excludes halogenated alkanes) is 2. The molecule has 2 rings (SSSR count). The molecule has 9 heteroatoms. The minimum absolute atomic E-state index is 0.00247. The standard InChI is InChI=1S/C19H18Cl5NO3/c1-2-3-4-9-27-12-7-5-11(6-8-12)25-13(26)10-28-19-17(23)15(21)14(20)16(22)18(19)24/h5-8H,2-4,9-10H2,1H3,(H,25,26). The summed E-state index contributed by atoms with van der Waals surface area (Å²) >= 11 is 30.0. The molecular formula is C19H18Cl5NO3. The van der Waals surface area contributed by atoms with E-state index >= 15 is 0 Å². The molecule has 0 bridgehead atoms. The largest absolute Gasteiger partial charge is 0.494 e. The molecule has 0 unspecified atom stereocenters. The van der Waals surface area contributed by atoms with E-state index in [-0.39, 0.29) is 37.5 Å². The maximum absolute atomic E-state index is 12.1. The number of amides is 1. The molecule has 0 saturated heterocycles. The summed E-state index contributed by atoms with van der Waals surface area (Å²) in [7, 11) is 0. The Morgan fingerprint density at radius 3 is 2.00 bits per heavy atom. The quantitative estimate of drug-likeness (QED) is 0.227. The van der Waals surface area contributed by atoms with Gasteiger partial charge in [-0.25, -0.2) is 0 Å². The Morgan fingerprint density at radius 1 is 0.857 bits per heavy atom. The Balaban J connectivity index is 1.91. The van der Waals surface area contributed by atoms with Crippen molar-refractivity contribution in [1.82, 2.24) is 0 Å². The van der Waals surface area contributed by atoms with Gasteiger partial charge in [-0.1, -0.05) is 77.8 Å². The molecule has 2 aromatic carbocycles. The minimum atomic E-state index is -0.411. The van der Waals surface area contributed by atoms with Crippen LogP contribution in [0.15, 0.2) is 24.3 Å². The van der Waals surface area contributed by atoms with Crippen molar-refractivity contribution in [1.29, 1.82) is 0 Å². The van der Waals surface area contributed by atoms with Gasteiger partial charge in [0.05, 0.1) is 21.7 Å². The Labute approximate surface area is 188 Å². The van der Waals surface area contributed by atoms with Crippen molar-refractivity contribution in [3.05, 3.63) is 49.4 Å². The van der Waals surface area contributed by atoms with Gasteiger partial charge in [-0.15, -0.1) is 0 Å². The first kappa shape index (κ1) is 23.2. The first-order chi connectivity index (χ1) is 13.3. The first-order valence-electron chi connectivity index (χ1n) is 8.52. The Kier molecular flexibility index (Phi) is 9.32. The highest BCUT2D eigenvalue weighted by Crippen LogP contribution is 2.48. The van der Waals surface area contributed by atoms with Gasteiger partial charge < -0.3 is 14.8 Å². The zero-order chi connectivity index (χ0) is 20.7. The molecule has 0 saturated carbocycles. The van der Waals surface area contributed by atoms with Crippen LogP contribution in [-0.4, -0.2) is 19.1 Å². The summed E-state index contributed by atoms with van der Waals surface area (Å²) in [5.41, 5.74) is 0.596. The number of rotatable bonds is 9. The molecule has 152 valence electrons. The predicted molar refractivity (Wildman–Crippen MR) is 117 cm³/mol. The van der Waals surface area contributed by atoms with Gasteiger partial charge in [-0.2, -0.15) is 0 Å². The molecule has 0 atom stereocenters. The maximum atomic E-state index is 12.1. The van der Waals surface area contributed by atoms with Crippen molar-refractivity contribution in [3.8, 4) is 11.5 Å². The molecule has 0 heterocycles. The van der Waals surface area contributed by atoms with Gasteiger partial charge in [-0.3, -0.25) is 4.79 Å². The van der Waals surface area contributed by atoms with Crippen LogP contribution in [0.1, 0.15) is 26.2 Å². The molecule has 0 spiro atoms. The maximum Gasteiger partial charge on any atom is 0.262 e. The molecular weight excluding hydrogens is 467 g/mol. The zero-order valence-corrected chi connectivity index (χ0v) is 18.7. The van der Waals surface area contributed by atoms with Gasteiger partial charge in [0.15, 0.2) is 12.4 Å². The number of halogens is 5. The van der Waals surface area contributed by atoms with Crippen molar-refractivity contribution >= 4 is 69.6 Å². The van der Waals surface area contributed by atoms with Gasteiger partial charge in [0.1, 0.15) is 15.8 Å². The summed E-state index contributed by atoms with van der Waals surface area (Å²) in [5.74, 6) is 0.328. The molecule has 0 aliphatic carbocycles. The van der Waals surface area contributed by atoms with E-state index < -0.39 is 5.91 Å². The summed E-state index contributed by atoms with van der Waals surface area (Å²) in [6, 6.07) is 7.05. The normalized spacial score (nSPS) is 10.6. The lowest BCUT2D eigenvalue weighted by atomic mass is 10.2. The molecule has 0 aromatic heterocycles.